The second kappa shape index (κ2) is 6.90. The maximum absolute atomic E-state index is 12.4. The van der Waals surface area contributed by atoms with Crippen molar-refractivity contribution in [2.24, 2.45) is 0 Å². The second-order valence-electron chi connectivity index (χ2n) is 5.67. The molecule has 0 saturated carbocycles. The van der Waals surface area contributed by atoms with Crippen LogP contribution in [0.2, 0.25) is 10.0 Å². The van der Waals surface area contributed by atoms with Gasteiger partial charge in [0.15, 0.2) is 17.3 Å². The number of rotatable bonds is 4. The summed E-state index contributed by atoms with van der Waals surface area (Å²) in [7, 11) is 0. The van der Waals surface area contributed by atoms with E-state index in [9.17, 15) is 4.79 Å². The minimum absolute atomic E-state index is 0.166. The van der Waals surface area contributed by atoms with Crippen molar-refractivity contribution in [2.75, 3.05) is 12.1 Å². The van der Waals surface area contributed by atoms with Gasteiger partial charge in [0.1, 0.15) is 0 Å². The molecule has 2 heterocycles. The molecule has 0 aliphatic carbocycles. The Morgan fingerprint density at radius 3 is 2.77 bits per heavy atom. The summed E-state index contributed by atoms with van der Waals surface area (Å²) >= 11 is 11.9. The van der Waals surface area contributed by atoms with Crippen LogP contribution >= 0.6 is 23.2 Å². The Bertz CT molecular complexity index is 988. The molecule has 0 radical (unpaired) electrons. The number of ether oxygens (including phenoxy) is 2. The molecule has 0 unspecified atom stereocenters. The summed E-state index contributed by atoms with van der Waals surface area (Å²) in [6.07, 6.45) is 1.78. The highest BCUT2D eigenvalue weighted by Gasteiger charge is 2.16. The van der Waals surface area contributed by atoms with E-state index in [2.05, 4.69) is 10.4 Å². The molecule has 0 fully saturated rings. The molecule has 6 nitrogen and oxygen atoms in total. The molecule has 0 atom stereocenters. The zero-order valence-corrected chi connectivity index (χ0v) is 14.9. The zero-order chi connectivity index (χ0) is 18.1. The highest BCUT2D eigenvalue weighted by atomic mass is 35.5. The number of halogens is 2. The Labute approximate surface area is 159 Å². The lowest BCUT2D eigenvalue weighted by atomic mass is 10.2. The third-order valence-corrected chi connectivity index (χ3v) is 4.58. The summed E-state index contributed by atoms with van der Waals surface area (Å²) in [5, 5.41) is 8.11. The molecule has 3 aromatic rings. The van der Waals surface area contributed by atoms with Crippen LogP contribution in [-0.2, 0) is 6.54 Å². The summed E-state index contributed by atoms with van der Waals surface area (Å²) < 4.78 is 12.2. The normalized spacial score (nSPS) is 12.2. The van der Waals surface area contributed by atoms with Crippen molar-refractivity contribution in [1.29, 1.82) is 0 Å². The zero-order valence-electron chi connectivity index (χ0n) is 13.4. The number of carbonyl (C=O) groups excluding carboxylic acids is 1. The smallest absolute Gasteiger partial charge is 0.257 e. The molecule has 0 spiro atoms. The molecule has 132 valence electrons. The van der Waals surface area contributed by atoms with E-state index in [0.717, 1.165) is 5.56 Å². The number of nitrogens with one attached hydrogen (secondary N) is 1. The van der Waals surface area contributed by atoms with Crippen molar-refractivity contribution < 1.29 is 14.3 Å². The Hall–Kier alpha value is -2.70. The number of hydrogen-bond donors (Lipinski definition) is 1. The standard InChI is InChI=1S/C18H13Cl2N3O3/c19-13-3-1-11(7-14(13)20)9-23-6-5-17(22-23)21-18(24)12-2-4-15-16(8-12)26-10-25-15/h1-8H,9-10H2,(H,21,22,24). The van der Waals surface area contributed by atoms with Crippen LogP contribution in [0.1, 0.15) is 15.9 Å². The average Bonchev–Trinajstić information content (AvgIpc) is 3.26. The number of benzene rings is 2. The van der Waals surface area contributed by atoms with Gasteiger partial charge < -0.3 is 14.8 Å². The van der Waals surface area contributed by atoms with Gasteiger partial charge in [-0.1, -0.05) is 29.3 Å². The summed E-state index contributed by atoms with van der Waals surface area (Å²) in [6, 6.07) is 12.2. The van der Waals surface area contributed by atoms with Crippen LogP contribution in [0, 0.1) is 0 Å². The van der Waals surface area contributed by atoms with Crippen molar-refractivity contribution >= 4 is 34.9 Å². The van der Waals surface area contributed by atoms with Crippen molar-refractivity contribution in [3.8, 4) is 11.5 Å². The van der Waals surface area contributed by atoms with Crippen LogP contribution < -0.4 is 14.8 Å². The molecule has 2 aromatic carbocycles. The molecule has 8 heteroatoms. The van der Waals surface area contributed by atoms with E-state index >= 15 is 0 Å². The van der Waals surface area contributed by atoms with Gasteiger partial charge in [0.05, 0.1) is 16.6 Å². The number of amides is 1. The highest BCUT2D eigenvalue weighted by Crippen LogP contribution is 2.32. The molecule has 1 N–H and O–H groups in total. The molecule has 4 rings (SSSR count). The number of aromatic nitrogens is 2. The fraction of sp³-hybridized carbons (Fsp3) is 0.111. The lowest BCUT2D eigenvalue weighted by Crippen LogP contribution is -2.12. The fourth-order valence-electron chi connectivity index (χ4n) is 2.57. The Morgan fingerprint density at radius 2 is 1.92 bits per heavy atom. The van der Waals surface area contributed by atoms with Gasteiger partial charge in [-0.2, -0.15) is 5.10 Å². The predicted molar refractivity (Wildman–Crippen MR) is 98.3 cm³/mol. The van der Waals surface area contributed by atoms with Crippen LogP contribution in [0.4, 0.5) is 5.82 Å². The Morgan fingerprint density at radius 1 is 1.08 bits per heavy atom. The predicted octanol–water partition coefficient (Wildman–Crippen LogP) is 4.22. The van der Waals surface area contributed by atoms with E-state index in [1.807, 2.05) is 6.07 Å². The number of carbonyl (C=O) groups is 1. The SMILES string of the molecule is O=C(Nc1ccn(Cc2ccc(Cl)c(Cl)c2)n1)c1ccc2c(c1)OCO2. The number of anilines is 1. The van der Waals surface area contributed by atoms with Crippen molar-refractivity contribution in [3.05, 3.63) is 69.8 Å². The van der Waals surface area contributed by atoms with Crippen molar-refractivity contribution in [1.82, 2.24) is 9.78 Å². The van der Waals surface area contributed by atoms with Gasteiger partial charge in [0, 0.05) is 17.8 Å². The van der Waals surface area contributed by atoms with Crippen LogP contribution in [0.15, 0.2) is 48.7 Å². The quantitative estimate of drug-likeness (QED) is 0.725. The minimum Gasteiger partial charge on any atom is -0.454 e. The maximum atomic E-state index is 12.4. The van der Waals surface area contributed by atoms with Gasteiger partial charge in [-0.25, -0.2) is 0 Å². The second-order valence-corrected chi connectivity index (χ2v) is 6.48. The van der Waals surface area contributed by atoms with Gasteiger partial charge in [0.25, 0.3) is 5.91 Å². The minimum atomic E-state index is -0.275. The van der Waals surface area contributed by atoms with Crippen molar-refractivity contribution in [2.45, 2.75) is 6.54 Å². The third kappa shape index (κ3) is 3.47. The van der Waals surface area contributed by atoms with Gasteiger partial charge >= 0.3 is 0 Å². The van der Waals surface area contributed by atoms with E-state index in [1.54, 1.807) is 47.3 Å². The van der Waals surface area contributed by atoms with E-state index < -0.39 is 0 Å². The molecule has 0 saturated heterocycles. The van der Waals surface area contributed by atoms with Crippen LogP contribution in [0.3, 0.4) is 0 Å². The monoisotopic (exact) mass is 389 g/mol. The van der Waals surface area contributed by atoms with Crippen molar-refractivity contribution in [3.63, 3.8) is 0 Å². The first-order chi connectivity index (χ1) is 12.6. The average molecular weight is 390 g/mol. The van der Waals surface area contributed by atoms with Gasteiger partial charge in [-0.3, -0.25) is 9.48 Å². The maximum Gasteiger partial charge on any atom is 0.257 e. The lowest BCUT2D eigenvalue weighted by Gasteiger charge is -2.05. The molecule has 26 heavy (non-hydrogen) atoms. The number of fused-ring (bicyclic) bond motifs is 1. The molecule has 1 amide bonds. The largest absolute Gasteiger partial charge is 0.454 e. The number of nitrogens with zero attached hydrogens (tertiary/aromatic N) is 2. The Balaban J connectivity index is 1.44. The summed E-state index contributed by atoms with van der Waals surface area (Å²) in [5.41, 5.74) is 1.42. The van der Waals surface area contributed by atoms with E-state index in [0.29, 0.717) is 39.5 Å². The van der Waals surface area contributed by atoms with E-state index in [1.165, 1.54) is 0 Å². The summed E-state index contributed by atoms with van der Waals surface area (Å²) in [5.74, 6) is 1.37. The lowest BCUT2D eigenvalue weighted by molar-refractivity contribution is 0.102. The molecule has 1 aromatic heterocycles. The topological polar surface area (TPSA) is 65.4 Å². The molecular weight excluding hydrogens is 377 g/mol. The van der Waals surface area contributed by atoms with Crippen LogP contribution in [0.25, 0.3) is 0 Å². The number of hydrogen-bond acceptors (Lipinski definition) is 4. The highest BCUT2D eigenvalue weighted by molar-refractivity contribution is 6.42. The van der Waals surface area contributed by atoms with Crippen LogP contribution in [-0.4, -0.2) is 22.5 Å². The van der Waals surface area contributed by atoms with E-state index in [-0.39, 0.29) is 12.7 Å². The summed E-state index contributed by atoms with van der Waals surface area (Å²) in [6.45, 7) is 0.677. The van der Waals surface area contributed by atoms with Crippen LogP contribution in [0.5, 0.6) is 11.5 Å². The molecule has 1 aliphatic heterocycles. The van der Waals surface area contributed by atoms with E-state index in [4.69, 9.17) is 32.7 Å². The third-order valence-electron chi connectivity index (χ3n) is 3.85. The van der Waals surface area contributed by atoms with Gasteiger partial charge in [0.2, 0.25) is 6.79 Å². The van der Waals surface area contributed by atoms with Gasteiger partial charge in [-0.05, 0) is 35.9 Å². The van der Waals surface area contributed by atoms with Gasteiger partial charge in [-0.15, -0.1) is 0 Å². The molecular formula is C18H13Cl2N3O3. The Kier molecular flexibility index (Phi) is 4.44. The fourth-order valence-corrected chi connectivity index (χ4v) is 2.89. The first-order valence-corrected chi connectivity index (χ1v) is 8.52. The first-order valence-electron chi connectivity index (χ1n) is 7.77. The molecule has 1 aliphatic rings. The summed E-state index contributed by atoms with van der Waals surface area (Å²) in [4.78, 5) is 12.4. The first kappa shape index (κ1) is 16.8. The molecule has 0 bridgehead atoms.